The predicted octanol–water partition coefficient (Wildman–Crippen LogP) is 2.09. The molecule has 0 radical (unpaired) electrons. The molecule has 3 aromatic rings. The number of furan rings is 1. The second-order valence-electron chi connectivity index (χ2n) is 6.77. The molecule has 1 fully saturated rings. The Morgan fingerprint density at radius 1 is 1.24 bits per heavy atom. The van der Waals surface area contributed by atoms with Gasteiger partial charge < -0.3 is 19.2 Å². The smallest absolute Gasteiger partial charge is 0.346 e. The molecule has 1 aliphatic rings. The van der Waals surface area contributed by atoms with Gasteiger partial charge in [-0.05, 0) is 37.1 Å². The molecule has 0 spiro atoms. The topological polar surface area (TPSA) is 101 Å². The van der Waals surface area contributed by atoms with Crippen LogP contribution in [0.3, 0.4) is 0 Å². The fourth-order valence-electron chi connectivity index (χ4n) is 3.12. The second-order valence-corrected chi connectivity index (χ2v) is 6.77. The van der Waals surface area contributed by atoms with E-state index in [1.807, 2.05) is 0 Å². The standard InChI is InChI=1S/C20H22N4O5/c1-27-15-10-13(11-16(12-15)28-2)19(25)21-7-8-23-20(26)24(14-5-6-14)18(22-23)17-4-3-9-29-17/h3-4,9-12,14H,5-8H2,1-2H3,(H,21,25). The van der Waals surface area contributed by atoms with Gasteiger partial charge in [0.1, 0.15) is 11.5 Å². The Morgan fingerprint density at radius 3 is 2.55 bits per heavy atom. The second kappa shape index (κ2) is 7.86. The molecule has 9 nitrogen and oxygen atoms in total. The van der Waals surface area contributed by atoms with E-state index >= 15 is 0 Å². The molecule has 0 unspecified atom stereocenters. The van der Waals surface area contributed by atoms with Gasteiger partial charge in [0.15, 0.2) is 5.76 Å². The first-order valence-electron chi connectivity index (χ1n) is 9.35. The molecule has 0 aliphatic heterocycles. The van der Waals surface area contributed by atoms with E-state index in [0.717, 1.165) is 12.8 Å². The highest BCUT2D eigenvalue weighted by Gasteiger charge is 2.31. The van der Waals surface area contributed by atoms with Crippen molar-refractivity contribution in [1.82, 2.24) is 19.7 Å². The van der Waals surface area contributed by atoms with E-state index < -0.39 is 0 Å². The molecule has 1 N–H and O–H groups in total. The number of nitrogens with one attached hydrogen (secondary N) is 1. The minimum Gasteiger partial charge on any atom is -0.497 e. The molecule has 0 saturated heterocycles. The average Bonchev–Trinajstić information content (AvgIpc) is 3.31. The summed E-state index contributed by atoms with van der Waals surface area (Å²) in [4.78, 5) is 25.2. The number of hydrogen-bond acceptors (Lipinski definition) is 6. The Bertz CT molecular complexity index is 1040. The van der Waals surface area contributed by atoms with Crippen LogP contribution in [0.2, 0.25) is 0 Å². The maximum atomic E-state index is 12.8. The van der Waals surface area contributed by atoms with Gasteiger partial charge in [-0.3, -0.25) is 9.36 Å². The summed E-state index contributed by atoms with van der Waals surface area (Å²) in [6.07, 6.45) is 3.46. The first kappa shape index (κ1) is 18.9. The minimum absolute atomic E-state index is 0.162. The summed E-state index contributed by atoms with van der Waals surface area (Å²) in [5.74, 6) is 1.84. The van der Waals surface area contributed by atoms with E-state index in [4.69, 9.17) is 13.9 Å². The summed E-state index contributed by atoms with van der Waals surface area (Å²) >= 11 is 0. The largest absolute Gasteiger partial charge is 0.497 e. The molecule has 2 heterocycles. The first-order chi connectivity index (χ1) is 14.1. The zero-order valence-corrected chi connectivity index (χ0v) is 16.3. The van der Waals surface area contributed by atoms with Crippen molar-refractivity contribution in [3.8, 4) is 23.1 Å². The summed E-state index contributed by atoms with van der Waals surface area (Å²) < 4.78 is 18.8. The van der Waals surface area contributed by atoms with Crippen LogP contribution < -0.4 is 20.5 Å². The molecular weight excluding hydrogens is 376 g/mol. The lowest BCUT2D eigenvalue weighted by Crippen LogP contribution is -2.32. The molecule has 0 bridgehead atoms. The molecule has 2 aromatic heterocycles. The third-order valence-corrected chi connectivity index (χ3v) is 4.75. The maximum Gasteiger partial charge on any atom is 0.346 e. The van der Waals surface area contributed by atoms with E-state index in [-0.39, 0.29) is 30.7 Å². The van der Waals surface area contributed by atoms with Crippen LogP contribution in [0.5, 0.6) is 11.5 Å². The van der Waals surface area contributed by atoms with Crippen LogP contribution in [0.25, 0.3) is 11.6 Å². The first-order valence-corrected chi connectivity index (χ1v) is 9.35. The number of nitrogens with zero attached hydrogens (tertiary/aromatic N) is 3. The van der Waals surface area contributed by atoms with Crippen LogP contribution in [0.15, 0.2) is 45.8 Å². The van der Waals surface area contributed by atoms with Crippen LogP contribution in [0.1, 0.15) is 29.2 Å². The third kappa shape index (κ3) is 3.89. The lowest BCUT2D eigenvalue weighted by molar-refractivity contribution is 0.0951. The number of aromatic nitrogens is 3. The number of ether oxygens (including phenoxy) is 2. The molecule has 4 rings (SSSR count). The quantitative estimate of drug-likeness (QED) is 0.624. The van der Waals surface area contributed by atoms with Crippen molar-refractivity contribution < 1.29 is 18.7 Å². The van der Waals surface area contributed by atoms with Gasteiger partial charge >= 0.3 is 5.69 Å². The number of methoxy groups -OCH3 is 2. The number of carbonyl (C=O) groups is 1. The Kier molecular flexibility index (Phi) is 5.11. The van der Waals surface area contributed by atoms with Gasteiger partial charge in [-0.25, -0.2) is 9.48 Å². The number of amides is 1. The van der Waals surface area contributed by atoms with Crippen LogP contribution in [-0.2, 0) is 6.54 Å². The molecule has 9 heteroatoms. The van der Waals surface area contributed by atoms with Crippen molar-refractivity contribution in [3.05, 3.63) is 52.6 Å². The highest BCUT2D eigenvalue weighted by Crippen LogP contribution is 2.36. The van der Waals surface area contributed by atoms with Crippen LogP contribution >= 0.6 is 0 Å². The molecule has 1 aromatic carbocycles. The van der Waals surface area contributed by atoms with Crippen molar-refractivity contribution in [1.29, 1.82) is 0 Å². The van der Waals surface area contributed by atoms with Gasteiger partial charge in [0.05, 0.1) is 27.0 Å². The molecule has 1 aliphatic carbocycles. The highest BCUT2D eigenvalue weighted by molar-refractivity contribution is 5.95. The monoisotopic (exact) mass is 398 g/mol. The van der Waals surface area contributed by atoms with E-state index in [2.05, 4.69) is 10.4 Å². The van der Waals surface area contributed by atoms with Crippen molar-refractivity contribution >= 4 is 5.91 Å². The molecule has 1 saturated carbocycles. The SMILES string of the molecule is COc1cc(OC)cc(C(=O)NCCn2nc(-c3ccco3)n(C3CC3)c2=O)c1. The summed E-state index contributed by atoms with van der Waals surface area (Å²) in [6, 6.07) is 8.65. The summed E-state index contributed by atoms with van der Waals surface area (Å²) in [6.45, 7) is 0.497. The van der Waals surface area contributed by atoms with E-state index in [1.54, 1.807) is 41.2 Å². The van der Waals surface area contributed by atoms with Crippen molar-refractivity contribution in [2.45, 2.75) is 25.4 Å². The lowest BCUT2D eigenvalue weighted by atomic mass is 10.2. The van der Waals surface area contributed by atoms with Crippen molar-refractivity contribution in [3.63, 3.8) is 0 Å². The fourth-order valence-corrected chi connectivity index (χ4v) is 3.12. The van der Waals surface area contributed by atoms with Gasteiger partial charge in [0, 0.05) is 24.2 Å². The number of benzene rings is 1. The molecular formula is C20H22N4O5. The van der Waals surface area contributed by atoms with E-state index in [0.29, 0.717) is 28.6 Å². The molecule has 29 heavy (non-hydrogen) atoms. The van der Waals surface area contributed by atoms with Crippen molar-refractivity contribution in [2.75, 3.05) is 20.8 Å². The van der Waals surface area contributed by atoms with Crippen molar-refractivity contribution in [2.24, 2.45) is 0 Å². The predicted molar refractivity (Wildman–Crippen MR) is 104 cm³/mol. The summed E-state index contributed by atoms with van der Waals surface area (Å²) in [7, 11) is 3.05. The Hall–Kier alpha value is -3.49. The number of carbonyl (C=O) groups excluding carboxylic acids is 1. The van der Waals surface area contributed by atoms with Crippen LogP contribution in [0, 0.1) is 0 Å². The Balaban J connectivity index is 1.47. The van der Waals surface area contributed by atoms with Gasteiger partial charge in [-0.2, -0.15) is 0 Å². The summed E-state index contributed by atoms with van der Waals surface area (Å²) in [5.41, 5.74) is 0.213. The van der Waals surface area contributed by atoms with Gasteiger partial charge in [0.25, 0.3) is 5.91 Å². The Labute approximate surface area is 166 Å². The lowest BCUT2D eigenvalue weighted by Gasteiger charge is -2.09. The zero-order valence-electron chi connectivity index (χ0n) is 16.3. The van der Waals surface area contributed by atoms with Gasteiger partial charge in [-0.1, -0.05) is 0 Å². The van der Waals surface area contributed by atoms with Gasteiger partial charge in [-0.15, -0.1) is 5.10 Å². The number of rotatable bonds is 8. The van der Waals surface area contributed by atoms with Gasteiger partial charge in [0.2, 0.25) is 5.82 Å². The maximum absolute atomic E-state index is 12.8. The number of hydrogen-bond donors (Lipinski definition) is 1. The molecule has 0 atom stereocenters. The van der Waals surface area contributed by atoms with E-state index in [9.17, 15) is 9.59 Å². The average molecular weight is 398 g/mol. The zero-order chi connectivity index (χ0) is 20.4. The third-order valence-electron chi connectivity index (χ3n) is 4.75. The van der Waals surface area contributed by atoms with Crippen LogP contribution in [-0.4, -0.2) is 41.0 Å². The minimum atomic E-state index is -0.289. The molecule has 1 amide bonds. The summed E-state index contributed by atoms with van der Waals surface area (Å²) in [5, 5.41) is 7.22. The molecule has 152 valence electrons. The highest BCUT2D eigenvalue weighted by atomic mass is 16.5. The van der Waals surface area contributed by atoms with Crippen LogP contribution in [0.4, 0.5) is 0 Å². The fraction of sp³-hybridized carbons (Fsp3) is 0.350. The Morgan fingerprint density at radius 2 is 1.97 bits per heavy atom. The normalized spacial score (nSPS) is 13.3. The van der Waals surface area contributed by atoms with E-state index in [1.165, 1.54) is 18.9 Å².